The summed E-state index contributed by atoms with van der Waals surface area (Å²) in [5.41, 5.74) is -0.575. The van der Waals surface area contributed by atoms with Crippen molar-refractivity contribution >= 4 is 6.34 Å². The van der Waals surface area contributed by atoms with Crippen molar-refractivity contribution in [3.8, 4) is 0 Å². The van der Waals surface area contributed by atoms with Gasteiger partial charge in [-0.05, 0) is 24.7 Å². The van der Waals surface area contributed by atoms with E-state index in [4.69, 9.17) is 5.41 Å². The summed E-state index contributed by atoms with van der Waals surface area (Å²) in [5, 5.41) is 7.11. The highest BCUT2D eigenvalue weighted by molar-refractivity contribution is 5.51. The Labute approximate surface area is 87.0 Å². The van der Waals surface area contributed by atoms with Gasteiger partial charge < -0.3 is 4.90 Å². The summed E-state index contributed by atoms with van der Waals surface area (Å²) in [4.78, 5) is 1.71. The molecule has 0 radical (unpaired) electrons. The van der Waals surface area contributed by atoms with Crippen LogP contribution >= 0.6 is 0 Å². The summed E-state index contributed by atoms with van der Waals surface area (Å²) in [6, 6.07) is 0. The van der Waals surface area contributed by atoms with Crippen molar-refractivity contribution in [3.05, 3.63) is 0 Å². The maximum Gasteiger partial charge on any atom is 0.392 e. The Hall–Kier alpha value is -0.740. The summed E-state index contributed by atoms with van der Waals surface area (Å²) >= 11 is 0. The van der Waals surface area contributed by atoms with E-state index in [-0.39, 0.29) is 6.42 Å². The number of hydrogen-bond donors (Lipinski definition) is 1. The lowest BCUT2D eigenvalue weighted by Crippen LogP contribution is -2.56. The van der Waals surface area contributed by atoms with Gasteiger partial charge in [0.2, 0.25) is 0 Å². The highest BCUT2D eigenvalue weighted by atomic mass is 19.4. The van der Waals surface area contributed by atoms with E-state index < -0.39 is 17.5 Å². The highest BCUT2D eigenvalue weighted by Gasteiger charge is 2.57. The van der Waals surface area contributed by atoms with Gasteiger partial charge in [0, 0.05) is 13.1 Å². The smallest absolute Gasteiger partial charge is 0.363 e. The fraction of sp³-hybridized carbons (Fsp3) is 0.900. The van der Waals surface area contributed by atoms with E-state index in [2.05, 4.69) is 0 Å². The van der Waals surface area contributed by atoms with Crippen molar-refractivity contribution in [2.24, 2.45) is 11.3 Å². The molecule has 0 bridgehead atoms. The average molecular weight is 220 g/mol. The van der Waals surface area contributed by atoms with Crippen molar-refractivity contribution < 1.29 is 13.2 Å². The molecule has 1 spiro atoms. The largest absolute Gasteiger partial charge is 0.392 e. The van der Waals surface area contributed by atoms with E-state index in [9.17, 15) is 13.2 Å². The fourth-order valence-corrected chi connectivity index (χ4v) is 2.95. The minimum absolute atomic E-state index is 0.152. The van der Waals surface area contributed by atoms with Gasteiger partial charge in [-0.25, -0.2) is 0 Å². The topological polar surface area (TPSA) is 27.1 Å². The first-order valence-electron chi connectivity index (χ1n) is 5.29. The van der Waals surface area contributed by atoms with E-state index in [0.717, 1.165) is 6.42 Å². The van der Waals surface area contributed by atoms with E-state index in [1.807, 2.05) is 0 Å². The molecule has 1 N–H and O–H groups in total. The Morgan fingerprint density at radius 2 is 2.00 bits per heavy atom. The fourth-order valence-electron chi connectivity index (χ4n) is 2.95. The zero-order valence-electron chi connectivity index (χ0n) is 8.48. The minimum atomic E-state index is -4.06. The molecule has 0 amide bonds. The van der Waals surface area contributed by atoms with Crippen LogP contribution in [-0.2, 0) is 0 Å². The van der Waals surface area contributed by atoms with Crippen LogP contribution in [0.2, 0.25) is 0 Å². The molecule has 0 aromatic carbocycles. The predicted molar refractivity (Wildman–Crippen MR) is 50.8 cm³/mol. The third kappa shape index (κ3) is 1.72. The minimum Gasteiger partial charge on any atom is -0.363 e. The van der Waals surface area contributed by atoms with E-state index in [1.165, 1.54) is 6.34 Å². The van der Waals surface area contributed by atoms with Crippen LogP contribution in [0, 0.1) is 16.7 Å². The molecule has 1 atom stereocenters. The van der Waals surface area contributed by atoms with Gasteiger partial charge in [0.05, 0.1) is 12.3 Å². The van der Waals surface area contributed by atoms with Gasteiger partial charge in [-0.3, -0.25) is 5.41 Å². The van der Waals surface area contributed by atoms with Crippen LogP contribution in [-0.4, -0.2) is 30.5 Å². The summed E-state index contributed by atoms with van der Waals surface area (Å²) in [6.45, 7) is 0.788. The normalized spacial score (nSPS) is 30.1. The maximum absolute atomic E-state index is 12.8. The van der Waals surface area contributed by atoms with Crippen molar-refractivity contribution in [2.45, 2.75) is 31.9 Å². The zero-order chi connectivity index (χ0) is 11.1. The number of halogens is 3. The number of nitrogens with zero attached hydrogens (tertiary/aromatic N) is 1. The van der Waals surface area contributed by atoms with Gasteiger partial charge in [-0.1, -0.05) is 6.42 Å². The average Bonchev–Trinajstić information content (AvgIpc) is 2.13. The molecule has 2 rings (SSSR count). The van der Waals surface area contributed by atoms with Gasteiger partial charge in [0.1, 0.15) is 0 Å². The molecule has 1 unspecified atom stereocenters. The van der Waals surface area contributed by atoms with Crippen molar-refractivity contribution in [1.82, 2.24) is 4.90 Å². The van der Waals surface area contributed by atoms with Gasteiger partial charge >= 0.3 is 6.18 Å². The van der Waals surface area contributed by atoms with Crippen molar-refractivity contribution in [3.63, 3.8) is 0 Å². The molecule has 0 aromatic heterocycles. The first kappa shape index (κ1) is 10.8. The monoisotopic (exact) mass is 220 g/mol. The molecule has 1 aliphatic carbocycles. The third-order valence-electron chi connectivity index (χ3n) is 3.89. The molecule has 86 valence electrons. The molecule has 1 saturated heterocycles. The predicted octanol–water partition coefficient (Wildman–Crippen LogP) is 2.65. The Morgan fingerprint density at radius 3 is 2.40 bits per heavy atom. The molecule has 0 aromatic rings. The van der Waals surface area contributed by atoms with Crippen molar-refractivity contribution in [1.29, 1.82) is 5.41 Å². The van der Waals surface area contributed by atoms with E-state index in [0.29, 0.717) is 25.9 Å². The van der Waals surface area contributed by atoms with E-state index in [1.54, 1.807) is 4.90 Å². The van der Waals surface area contributed by atoms with Gasteiger partial charge in [-0.2, -0.15) is 13.2 Å². The Balaban J connectivity index is 2.15. The summed E-state index contributed by atoms with van der Waals surface area (Å²) in [7, 11) is 0. The highest BCUT2D eigenvalue weighted by Crippen LogP contribution is 2.56. The van der Waals surface area contributed by atoms with Gasteiger partial charge in [0.15, 0.2) is 0 Å². The molecule has 1 saturated carbocycles. The number of hydrogen-bond acceptors (Lipinski definition) is 1. The lowest BCUT2D eigenvalue weighted by molar-refractivity contribution is -0.234. The second-order valence-electron chi connectivity index (χ2n) is 4.70. The van der Waals surface area contributed by atoms with Crippen LogP contribution < -0.4 is 0 Å². The van der Waals surface area contributed by atoms with Crippen LogP contribution in [0.5, 0.6) is 0 Å². The van der Waals surface area contributed by atoms with Crippen LogP contribution in [0.4, 0.5) is 13.2 Å². The van der Waals surface area contributed by atoms with Crippen LogP contribution in [0.25, 0.3) is 0 Å². The Morgan fingerprint density at radius 1 is 1.33 bits per heavy atom. The standard InChI is InChI=1S/C10H15F3N2/c11-10(12,13)8-2-5-15(7-14)6-9(8)3-1-4-9/h7-8,14H,1-6H2. The first-order valence-corrected chi connectivity index (χ1v) is 5.29. The number of rotatable bonds is 1. The maximum atomic E-state index is 12.8. The van der Waals surface area contributed by atoms with Gasteiger partial charge in [-0.15, -0.1) is 0 Å². The molecule has 2 aliphatic rings. The molecule has 5 heteroatoms. The lowest BCUT2D eigenvalue weighted by atomic mass is 9.58. The van der Waals surface area contributed by atoms with Crippen LogP contribution in [0.15, 0.2) is 0 Å². The zero-order valence-corrected chi connectivity index (χ0v) is 8.48. The lowest BCUT2D eigenvalue weighted by Gasteiger charge is -2.53. The second-order valence-corrected chi connectivity index (χ2v) is 4.70. The molecule has 1 aliphatic heterocycles. The third-order valence-corrected chi connectivity index (χ3v) is 3.89. The molecular weight excluding hydrogens is 205 g/mol. The number of alkyl halides is 3. The quantitative estimate of drug-likeness (QED) is 0.533. The molecule has 1 heterocycles. The number of piperidine rings is 1. The molecular formula is C10H15F3N2. The van der Waals surface area contributed by atoms with Crippen molar-refractivity contribution in [2.75, 3.05) is 13.1 Å². The number of likely N-dealkylation sites (tertiary alicyclic amines) is 1. The summed E-state index contributed by atoms with van der Waals surface area (Å²) < 4.78 is 38.4. The van der Waals surface area contributed by atoms with Gasteiger partial charge in [0.25, 0.3) is 0 Å². The molecule has 15 heavy (non-hydrogen) atoms. The SMILES string of the molecule is N=CN1CCC(C(F)(F)F)C2(CCC2)C1. The Bertz CT molecular complexity index is 258. The Kier molecular flexibility index (Phi) is 2.43. The second kappa shape index (κ2) is 3.39. The summed E-state index contributed by atoms with van der Waals surface area (Å²) in [6.07, 6.45) is -0.498. The number of nitrogens with one attached hydrogen (secondary N) is 1. The molecule has 2 fully saturated rings. The molecule has 2 nitrogen and oxygen atoms in total. The summed E-state index contributed by atoms with van der Waals surface area (Å²) in [5.74, 6) is -1.14. The van der Waals surface area contributed by atoms with Crippen LogP contribution in [0.1, 0.15) is 25.7 Å². The van der Waals surface area contributed by atoms with Crippen LogP contribution in [0.3, 0.4) is 0 Å². The first-order chi connectivity index (χ1) is 6.98. The van der Waals surface area contributed by atoms with E-state index >= 15 is 0 Å².